The van der Waals surface area contributed by atoms with Crippen LogP contribution in [0.4, 0.5) is 5.69 Å². The predicted molar refractivity (Wildman–Crippen MR) is 80.5 cm³/mol. The molecular formula is C13H13ClN2O4S. The summed E-state index contributed by atoms with van der Waals surface area (Å²) in [7, 11) is 0. The van der Waals surface area contributed by atoms with Gasteiger partial charge in [-0.05, 0) is 18.2 Å². The van der Waals surface area contributed by atoms with Gasteiger partial charge in [0.1, 0.15) is 6.04 Å². The van der Waals surface area contributed by atoms with E-state index in [0.717, 1.165) is 0 Å². The fourth-order valence-electron chi connectivity index (χ4n) is 1.83. The van der Waals surface area contributed by atoms with Gasteiger partial charge >= 0.3 is 5.97 Å². The number of aliphatic carboxylic acids is 1. The topological polar surface area (TPSA) is 95.5 Å². The van der Waals surface area contributed by atoms with Crippen molar-refractivity contribution in [2.24, 2.45) is 0 Å². The van der Waals surface area contributed by atoms with Crippen LogP contribution in [-0.2, 0) is 14.4 Å². The highest BCUT2D eigenvalue weighted by Gasteiger charge is 2.33. The fraction of sp³-hybridized carbons (Fsp3) is 0.308. The third-order valence-electron chi connectivity index (χ3n) is 2.85. The van der Waals surface area contributed by atoms with E-state index in [1.54, 1.807) is 24.3 Å². The Hall–Kier alpha value is -1.73. The van der Waals surface area contributed by atoms with Crippen molar-refractivity contribution < 1.29 is 19.5 Å². The van der Waals surface area contributed by atoms with Crippen molar-refractivity contribution >= 4 is 46.8 Å². The van der Waals surface area contributed by atoms with Crippen LogP contribution in [0.3, 0.4) is 0 Å². The van der Waals surface area contributed by atoms with E-state index in [-0.39, 0.29) is 18.1 Å². The molecule has 1 aromatic carbocycles. The Labute approximate surface area is 130 Å². The number of thioether (sulfide) groups is 1. The van der Waals surface area contributed by atoms with Crippen LogP contribution in [0.25, 0.3) is 0 Å². The van der Waals surface area contributed by atoms with Gasteiger partial charge in [0.25, 0.3) is 0 Å². The Bertz CT molecular complexity index is 581. The lowest BCUT2D eigenvalue weighted by Crippen LogP contribution is -2.51. The number of benzene rings is 1. The van der Waals surface area contributed by atoms with E-state index < -0.39 is 23.2 Å². The van der Waals surface area contributed by atoms with Crippen LogP contribution in [0.1, 0.15) is 6.42 Å². The Morgan fingerprint density at radius 1 is 1.48 bits per heavy atom. The number of nitrogens with one attached hydrogen (secondary N) is 2. The first-order valence-electron chi connectivity index (χ1n) is 6.16. The third kappa shape index (κ3) is 4.37. The Morgan fingerprint density at radius 3 is 2.86 bits per heavy atom. The minimum absolute atomic E-state index is 0.0185. The van der Waals surface area contributed by atoms with Crippen LogP contribution in [0.15, 0.2) is 24.3 Å². The molecule has 0 bridgehead atoms. The van der Waals surface area contributed by atoms with Crippen molar-refractivity contribution in [3.8, 4) is 0 Å². The molecule has 1 fully saturated rings. The van der Waals surface area contributed by atoms with Gasteiger partial charge in [-0.25, -0.2) is 4.79 Å². The summed E-state index contributed by atoms with van der Waals surface area (Å²) in [6.07, 6.45) is -0.0185. The number of carbonyl (C=O) groups excluding carboxylic acids is 2. The van der Waals surface area contributed by atoms with Crippen molar-refractivity contribution in [3.05, 3.63) is 29.3 Å². The molecule has 1 saturated heterocycles. The van der Waals surface area contributed by atoms with Gasteiger partial charge in [-0.1, -0.05) is 17.7 Å². The maximum Gasteiger partial charge on any atom is 0.327 e. The standard InChI is InChI=1S/C13H13ClN2O4S/c14-7-2-1-3-8(4-7)15-11(17)5-10-12(18)16-9(6-21-10)13(19)20/h1-4,9-10H,5-6H2,(H,15,17)(H,16,18)(H,19,20)/t9-,10+/m1/s1. The number of anilines is 1. The largest absolute Gasteiger partial charge is 0.480 e. The maximum atomic E-state index is 11.9. The normalized spacial score (nSPS) is 21.5. The highest BCUT2D eigenvalue weighted by Crippen LogP contribution is 2.22. The number of carbonyl (C=O) groups is 3. The Balaban J connectivity index is 1.89. The minimum Gasteiger partial charge on any atom is -0.480 e. The van der Waals surface area contributed by atoms with Crippen LogP contribution in [-0.4, -0.2) is 39.9 Å². The molecule has 0 radical (unpaired) electrons. The molecule has 0 unspecified atom stereocenters. The molecule has 6 nitrogen and oxygen atoms in total. The number of hydrogen-bond acceptors (Lipinski definition) is 4. The van der Waals surface area contributed by atoms with Gasteiger partial charge in [0.2, 0.25) is 11.8 Å². The monoisotopic (exact) mass is 328 g/mol. The molecular weight excluding hydrogens is 316 g/mol. The van der Waals surface area contributed by atoms with E-state index in [4.69, 9.17) is 16.7 Å². The summed E-state index contributed by atoms with van der Waals surface area (Å²) >= 11 is 6.98. The molecule has 2 rings (SSSR count). The SMILES string of the molecule is O=C(C[C@@H]1SC[C@H](C(=O)O)NC1=O)Nc1cccc(Cl)c1. The molecule has 0 spiro atoms. The van der Waals surface area contributed by atoms with E-state index in [9.17, 15) is 14.4 Å². The summed E-state index contributed by atoms with van der Waals surface area (Å²) in [5.74, 6) is -1.58. The molecule has 2 amide bonds. The fourth-order valence-corrected chi connectivity index (χ4v) is 3.16. The third-order valence-corrected chi connectivity index (χ3v) is 4.39. The summed E-state index contributed by atoms with van der Waals surface area (Å²) in [5, 5.41) is 13.8. The zero-order chi connectivity index (χ0) is 15.4. The smallest absolute Gasteiger partial charge is 0.327 e. The number of rotatable bonds is 4. The molecule has 3 N–H and O–H groups in total. The van der Waals surface area contributed by atoms with E-state index >= 15 is 0 Å². The van der Waals surface area contributed by atoms with Gasteiger partial charge in [-0.15, -0.1) is 11.8 Å². The Kier molecular flexibility index (Phi) is 5.08. The van der Waals surface area contributed by atoms with E-state index in [1.165, 1.54) is 11.8 Å². The molecule has 2 atom stereocenters. The van der Waals surface area contributed by atoms with Crippen LogP contribution in [0, 0.1) is 0 Å². The van der Waals surface area contributed by atoms with Crippen molar-refractivity contribution in [1.82, 2.24) is 5.32 Å². The molecule has 1 aliphatic heterocycles. The van der Waals surface area contributed by atoms with Gasteiger partial charge in [-0.3, -0.25) is 9.59 Å². The zero-order valence-electron chi connectivity index (χ0n) is 10.8. The van der Waals surface area contributed by atoms with Crippen LogP contribution >= 0.6 is 23.4 Å². The number of amides is 2. The lowest BCUT2D eigenvalue weighted by Gasteiger charge is -2.25. The Morgan fingerprint density at radius 2 is 2.24 bits per heavy atom. The summed E-state index contributed by atoms with van der Waals surface area (Å²) in [5.41, 5.74) is 0.553. The first kappa shape index (κ1) is 15.7. The summed E-state index contributed by atoms with van der Waals surface area (Å²) < 4.78 is 0. The summed E-state index contributed by atoms with van der Waals surface area (Å²) in [6.45, 7) is 0. The molecule has 0 aliphatic carbocycles. The quantitative estimate of drug-likeness (QED) is 0.775. The second-order valence-corrected chi connectivity index (χ2v) is 6.16. The lowest BCUT2D eigenvalue weighted by atomic mass is 10.2. The van der Waals surface area contributed by atoms with E-state index in [2.05, 4.69) is 10.6 Å². The molecule has 112 valence electrons. The zero-order valence-corrected chi connectivity index (χ0v) is 12.4. The van der Waals surface area contributed by atoms with Gasteiger partial charge in [0.05, 0.1) is 5.25 Å². The molecule has 0 saturated carbocycles. The van der Waals surface area contributed by atoms with Crippen molar-refractivity contribution in [2.45, 2.75) is 17.7 Å². The van der Waals surface area contributed by atoms with Gasteiger partial charge < -0.3 is 15.7 Å². The van der Waals surface area contributed by atoms with E-state index in [0.29, 0.717) is 10.7 Å². The van der Waals surface area contributed by atoms with Crippen molar-refractivity contribution in [1.29, 1.82) is 0 Å². The van der Waals surface area contributed by atoms with Gasteiger partial charge in [0, 0.05) is 22.9 Å². The second-order valence-electron chi connectivity index (χ2n) is 4.48. The first-order chi connectivity index (χ1) is 9.95. The molecule has 1 heterocycles. The van der Waals surface area contributed by atoms with Crippen LogP contribution in [0.5, 0.6) is 0 Å². The molecule has 21 heavy (non-hydrogen) atoms. The van der Waals surface area contributed by atoms with Crippen LogP contribution < -0.4 is 10.6 Å². The average molecular weight is 329 g/mol. The second kappa shape index (κ2) is 6.82. The first-order valence-corrected chi connectivity index (χ1v) is 7.58. The van der Waals surface area contributed by atoms with Crippen molar-refractivity contribution in [3.63, 3.8) is 0 Å². The minimum atomic E-state index is -1.07. The lowest BCUT2D eigenvalue weighted by molar-refractivity contribution is -0.141. The van der Waals surface area contributed by atoms with Gasteiger partial charge in [-0.2, -0.15) is 0 Å². The molecule has 0 aromatic heterocycles. The maximum absolute atomic E-state index is 11.9. The predicted octanol–water partition coefficient (Wildman–Crippen LogP) is 1.35. The molecule has 1 aliphatic rings. The number of hydrogen-bond donors (Lipinski definition) is 3. The highest BCUT2D eigenvalue weighted by atomic mass is 35.5. The van der Waals surface area contributed by atoms with Crippen LogP contribution in [0.2, 0.25) is 5.02 Å². The number of carboxylic acids is 1. The molecule has 8 heteroatoms. The number of halogens is 1. The summed E-state index contributed by atoms with van der Waals surface area (Å²) in [4.78, 5) is 34.4. The summed E-state index contributed by atoms with van der Waals surface area (Å²) in [6, 6.07) is 5.80. The van der Waals surface area contributed by atoms with E-state index in [1.807, 2.05) is 0 Å². The van der Waals surface area contributed by atoms with Crippen molar-refractivity contribution in [2.75, 3.05) is 11.1 Å². The average Bonchev–Trinajstić information content (AvgIpc) is 2.40. The van der Waals surface area contributed by atoms with Gasteiger partial charge in [0.15, 0.2) is 0 Å². The highest BCUT2D eigenvalue weighted by molar-refractivity contribution is 8.00. The number of carboxylic acid groups (broad SMARTS) is 1. The molecule has 1 aromatic rings.